The zero-order valence-electron chi connectivity index (χ0n) is 18.0. The minimum Gasteiger partial charge on any atom is -0.507 e. The summed E-state index contributed by atoms with van der Waals surface area (Å²) in [5, 5.41) is 26.2. The lowest BCUT2D eigenvalue weighted by molar-refractivity contribution is 0.271. The molecule has 2 N–H and O–H groups in total. The molecule has 150 valence electrons. The summed E-state index contributed by atoms with van der Waals surface area (Å²) < 4.78 is 1.76. The van der Waals surface area contributed by atoms with Gasteiger partial charge in [-0.2, -0.15) is 5.10 Å². The zero-order chi connectivity index (χ0) is 20.9. The molecule has 0 aliphatic heterocycles. The number of pyridine rings is 1. The van der Waals surface area contributed by atoms with E-state index in [-0.39, 0.29) is 17.4 Å². The minimum absolute atomic E-state index is 0.00189. The van der Waals surface area contributed by atoms with Crippen molar-refractivity contribution in [3.05, 3.63) is 41.1 Å². The summed E-state index contributed by atoms with van der Waals surface area (Å²) in [6, 6.07) is 8.09. The molecule has 2 aromatic heterocycles. The van der Waals surface area contributed by atoms with Crippen LogP contribution in [0.3, 0.4) is 0 Å². The summed E-state index contributed by atoms with van der Waals surface area (Å²) in [6.45, 7) is 15.0. The molecule has 28 heavy (non-hydrogen) atoms. The summed E-state index contributed by atoms with van der Waals surface area (Å²) >= 11 is 0. The topological polar surface area (TPSA) is 71.2 Å². The van der Waals surface area contributed by atoms with Crippen molar-refractivity contribution in [3.8, 4) is 17.0 Å². The SMILES string of the molecule is Cc1ccc2c(-c3cc(C(C)(C)C)c(O)c(C(C)(C)C)c3)nn(CCO)c2n1. The fourth-order valence-corrected chi connectivity index (χ4v) is 3.53. The Morgan fingerprint density at radius 3 is 2.04 bits per heavy atom. The average Bonchev–Trinajstić information content (AvgIpc) is 2.91. The third-order valence-electron chi connectivity index (χ3n) is 5.05. The van der Waals surface area contributed by atoms with Gasteiger partial charge in [0.15, 0.2) is 5.65 Å². The first-order valence-electron chi connectivity index (χ1n) is 9.77. The number of benzene rings is 1. The maximum Gasteiger partial charge on any atom is 0.158 e. The zero-order valence-corrected chi connectivity index (χ0v) is 18.0. The van der Waals surface area contributed by atoms with Crippen molar-refractivity contribution in [3.63, 3.8) is 0 Å². The number of aliphatic hydroxyl groups is 1. The summed E-state index contributed by atoms with van der Waals surface area (Å²) in [4.78, 5) is 4.64. The number of hydrogen-bond donors (Lipinski definition) is 2. The number of phenols is 1. The second kappa shape index (κ2) is 6.89. The van der Waals surface area contributed by atoms with E-state index in [4.69, 9.17) is 5.10 Å². The van der Waals surface area contributed by atoms with E-state index < -0.39 is 0 Å². The van der Waals surface area contributed by atoms with Gasteiger partial charge in [-0.15, -0.1) is 0 Å². The van der Waals surface area contributed by atoms with Gasteiger partial charge < -0.3 is 10.2 Å². The van der Waals surface area contributed by atoms with E-state index in [1.165, 1.54) is 0 Å². The molecule has 1 aromatic carbocycles. The van der Waals surface area contributed by atoms with Crippen LogP contribution in [0.4, 0.5) is 0 Å². The smallest absolute Gasteiger partial charge is 0.158 e. The quantitative estimate of drug-likeness (QED) is 0.690. The number of aliphatic hydroxyl groups excluding tert-OH is 1. The fourth-order valence-electron chi connectivity index (χ4n) is 3.53. The van der Waals surface area contributed by atoms with Crippen LogP contribution in [0.2, 0.25) is 0 Å². The molecular weight excluding hydrogens is 350 g/mol. The van der Waals surface area contributed by atoms with Gasteiger partial charge in [-0.3, -0.25) is 0 Å². The molecule has 0 unspecified atom stereocenters. The highest BCUT2D eigenvalue weighted by Crippen LogP contribution is 2.42. The van der Waals surface area contributed by atoms with E-state index in [1.54, 1.807) is 4.68 Å². The molecule has 0 aliphatic carbocycles. The largest absolute Gasteiger partial charge is 0.507 e. The van der Waals surface area contributed by atoms with Crippen LogP contribution >= 0.6 is 0 Å². The lowest BCUT2D eigenvalue weighted by Gasteiger charge is -2.28. The lowest BCUT2D eigenvalue weighted by Crippen LogP contribution is -2.17. The Morgan fingerprint density at radius 2 is 1.54 bits per heavy atom. The Morgan fingerprint density at radius 1 is 0.964 bits per heavy atom. The van der Waals surface area contributed by atoms with Gasteiger partial charge in [0, 0.05) is 27.8 Å². The van der Waals surface area contributed by atoms with Crippen molar-refractivity contribution in [2.75, 3.05) is 6.61 Å². The predicted molar refractivity (Wildman–Crippen MR) is 114 cm³/mol. The summed E-state index contributed by atoms with van der Waals surface area (Å²) in [5.74, 6) is 0.358. The first kappa shape index (κ1) is 20.3. The van der Waals surface area contributed by atoms with Gasteiger partial charge >= 0.3 is 0 Å². The molecule has 0 atom stereocenters. The van der Waals surface area contributed by atoms with Crippen molar-refractivity contribution in [2.24, 2.45) is 0 Å². The number of fused-ring (bicyclic) bond motifs is 1. The second-order valence-corrected chi connectivity index (χ2v) is 9.54. The molecular formula is C23H31N3O2. The Hall–Kier alpha value is -2.40. The van der Waals surface area contributed by atoms with Crippen LogP contribution in [-0.2, 0) is 17.4 Å². The number of aromatic nitrogens is 3. The first-order chi connectivity index (χ1) is 12.9. The molecule has 5 nitrogen and oxygen atoms in total. The number of nitrogens with zero attached hydrogens (tertiary/aromatic N) is 3. The van der Waals surface area contributed by atoms with E-state index in [9.17, 15) is 10.2 Å². The van der Waals surface area contributed by atoms with Crippen LogP contribution in [-0.4, -0.2) is 31.6 Å². The van der Waals surface area contributed by atoms with Gasteiger partial charge in [0.1, 0.15) is 11.4 Å². The number of aromatic hydroxyl groups is 1. The molecule has 5 heteroatoms. The average molecular weight is 382 g/mol. The normalized spacial score (nSPS) is 12.7. The van der Waals surface area contributed by atoms with Crippen LogP contribution < -0.4 is 0 Å². The number of aryl methyl sites for hydroxylation is 1. The molecule has 0 radical (unpaired) electrons. The van der Waals surface area contributed by atoms with Gasteiger partial charge in [0.2, 0.25) is 0 Å². The third-order valence-corrected chi connectivity index (χ3v) is 5.05. The standard InChI is InChI=1S/C23H31N3O2/c1-14-8-9-16-19(25-26(10-11-27)21(16)24-14)15-12-17(22(2,3)4)20(28)18(13-15)23(5,6)7/h8-9,12-13,27-28H,10-11H2,1-7H3. The molecule has 0 aliphatic rings. The molecule has 0 fully saturated rings. The molecule has 0 bridgehead atoms. The molecule has 0 amide bonds. The number of rotatable bonds is 3. The third kappa shape index (κ3) is 3.63. The van der Waals surface area contributed by atoms with Gasteiger partial charge in [0.05, 0.1) is 13.2 Å². The summed E-state index contributed by atoms with van der Waals surface area (Å²) in [6.07, 6.45) is 0. The Balaban J connectivity index is 2.35. The molecule has 3 aromatic rings. The Labute approximate surface area is 167 Å². The highest BCUT2D eigenvalue weighted by molar-refractivity contribution is 5.92. The Bertz CT molecular complexity index is 986. The van der Waals surface area contributed by atoms with Crippen LogP contribution in [0.25, 0.3) is 22.3 Å². The predicted octanol–water partition coefficient (Wildman–Crippen LogP) is 4.70. The lowest BCUT2D eigenvalue weighted by atomic mass is 9.78. The van der Waals surface area contributed by atoms with Gasteiger partial charge in [-0.05, 0) is 42.0 Å². The van der Waals surface area contributed by atoms with Crippen molar-refractivity contribution in [1.82, 2.24) is 14.8 Å². The van der Waals surface area contributed by atoms with Crippen LogP contribution in [0.15, 0.2) is 24.3 Å². The number of hydrogen-bond acceptors (Lipinski definition) is 4. The second-order valence-electron chi connectivity index (χ2n) is 9.54. The van der Waals surface area contributed by atoms with Gasteiger partial charge in [-0.1, -0.05) is 41.5 Å². The first-order valence-corrected chi connectivity index (χ1v) is 9.77. The van der Waals surface area contributed by atoms with E-state index in [0.717, 1.165) is 39.1 Å². The van der Waals surface area contributed by atoms with E-state index >= 15 is 0 Å². The monoisotopic (exact) mass is 381 g/mol. The van der Waals surface area contributed by atoms with E-state index in [1.807, 2.05) is 31.2 Å². The molecule has 2 heterocycles. The summed E-state index contributed by atoms with van der Waals surface area (Å²) in [5.41, 5.74) is 4.85. The highest BCUT2D eigenvalue weighted by Gasteiger charge is 2.28. The fraction of sp³-hybridized carbons (Fsp3) is 0.478. The maximum absolute atomic E-state index is 11.0. The van der Waals surface area contributed by atoms with Crippen LogP contribution in [0.5, 0.6) is 5.75 Å². The summed E-state index contributed by atoms with van der Waals surface area (Å²) in [7, 11) is 0. The van der Waals surface area contributed by atoms with Gasteiger partial charge in [0.25, 0.3) is 0 Å². The molecule has 0 saturated carbocycles. The van der Waals surface area contributed by atoms with Crippen LogP contribution in [0.1, 0.15) is 58.4 Å². The molecule has 0 spiro atoms. The molecule has 0 saturated heterocycles. The maximum atomic E-state index is 11.0. The van der Waals surface area contributed by atoms with Crippen molar-refractivity contribution < 1.29 is 10.2 Å². The van der Waals surface area contributed by atoms with Gasteiger partial charge in [-0.25, -0.2) is 9.67 Å². The molecule has 3 rings (SSSR count). The van der Waals surface area contributed by atoms with Crippen molar-refractivity contribution >= 4 is 11.0 Å². The van der Waals surface area contributed by atoms with Crippen molar-refractivity contribution in [1.29, 1.82) is 0 Å². The minimum atomic E-state index is -0.210. The van der Waals surface area contributed by atoms with E-state index in [2.05, 4.69) is 46.5 Å². The van der Waals surface area contributed by atoms with E-state index in [0.29, 0.717) is 12.3 Å². The van der Waals surface area contributed by atoms with Crippen molar-refractivity contribution in [2.45, 2.75) is 65.8 Å². The van der Waals surface area contributed by atoms with Crippen LogP contribution in [0, 0.1) is 6.92 Å². The Kier molecular flexibility index (Phi) is 5.00. The number of phenolic OH excluding ortho intramolecular Hbond substituents is 1. The highest BCUT2D eigenvalue weighted by atomic mass is 16.3.